The van der Waals surface area contributed by atoms with E-state index in [4.69, 9.17) is 24.7 Å². The molecule has 3 rings (SSSR count). The number of carbonyl (C=O) groups excluding carboxylic acids is 10. The summed E-state index contributed by atoms with van der Waals surface area (Å²) in [6.07, 6.45) is 1.51. The van der Waals surface area contributed by atoms with E-state index in [9.17, 15) is 47.9 Å². The van der Waals surface area contributed by atoms with Crippen molar-refractivity contribution in [3.8, 4) is 0 Å². The van der Waals surface area contributed by atoms with Gasteiger partial charge in [0, 0.05) is 53.0 Å². The van der Waals surface area contributed by atoms with E-state index in [0.717, 1.165) is 5.56 Å². The number of urea groups is 1. The number of nitrogens with two attached hydrogens (primary N) is 1. The molecule has 1 heterocycles. The lowest BCUT2D eigenvalue weighted by Crippen LogP contribution is -2.55. The van der Waals surface area contributed by atoms with Crippen LogP contribution in [0.1, 0.15) is 84.3 Å². The van der Waals surface area contributed by atoms with E-state index < -0.39 is 90.4 Å². The van der Waals surface area contributed by atoms with Gasteiger partial charge in [0.1, 0.15) is 31.6 Å². The van der Waals surface area contributed by atoms with E-state index in [0.29, 0.717) is 43.3 Å². The van der Waals surface area contributed by atoms with Gasteiger partial charge in [-0.05, 0) is 74.9 Å². The monoisotopic (exact) mass is 1170 g/mol. The number of ether oxygens (including phenoxy) is 4. The Labute approximate surface area is 488 Å². The zero-order valence-corrected chi connectivity index (χ0v) is 50.0. The van der Waals surface area contributed by atoms with Gasteiger partial charge in [-0.1, -0.05) is 83.5 Å². The van der Waals surface area contributed by atoms with Gasteiger partial charge >= 0.3 is 6.03 Å². The predicted molar refractivity (Wildman–Crippen MR) is 310 cm³/mol. The second-order valence-corrected chi connectivity index (χ2v) is 21.3. The van der Waals surface area contributed by atoms with Crippen molar-refractivity contribution >= 4 is 65.3 Å². The van der Waals surface area contributed by atoms with E-state index in [1.807, 2.05) is 77.0 Å². The molecule has 9 atom stereocenters. The van der Waals surface area contributed by atoms with Crippen LogP contribution in [0.25, 0.3) is 0 Å². The number of likely N-dealkylation sites (N-methyl/N-ethyl adjacent to an activating group) is 2. The van der Waals surface area contributed by atoms with Gasteiger partial charge in [0.25, 0.3) is 0 Å². The summed E-state index contributed by atoms with van der Waals surface area (Å²) >= 11 is 0. The second-order valence-electron chi connectivity index (χ2n) is 21.3. The van der Waals surface area contributed by atoms with Crippen LogP contribution in [-0.2, 0) is 75.1 Å². The summed E-state index contributed by atoms with van der Waals surface area (Å²) < 4.78 is 22.1. The number of hydrogen-bond donors (Lipinski definition) is 8. The van der Waals surface area contributed by atoms with Crippen molar-refractivity contribution in [2.45, 2.75) is 129 Å². The van der Waals surface area contributed by atoms with Crippen molar-refractivity contribution in [2.75, 3.05) is 93.3 Å². The molecule has 9 unspecified atom stereocenters. The Morgan fingerprint density at radius 2 is 1.45 bits per heavy atom. The first kappa shape index (κ1) is 70.2. The summed E-state index contributed by atoms with van der Waals surface area (Å²) in [5.41, 5.74) is 7.00. The number of likely N-dealkylation sites (tertiary alicyclic amines) is 1. The Balaban J connectivity index is 1.69. The molecule has 83 heavy (non-hydrogen) atoms. The Bertz CT molecular complexity index is 2390. The summed E-state index contributed by atoms with van der Waals surface area (Å²) in [6.45, 7) is 9.19. The number of primary amides is 1. The minimum absolute atomic E-state index is 0.0179. The largest absolute Gasteiger partial charge is 0.379 e. The highest BCUT2D eigenvalue weighted by Gasteiger charge is 2.43. The lowest BCUT2D eigenvalue weighted by atomic mass is 9.90. The number of rotatable bonds is 38. The second kappa shape index (κ2) is 37.2. The Morgan fingerprint density at radius 1 is 0.759 bits per heavy atom. The highest BCUT2D eigenvalue weighted by atomic mass is 16.5. The van der Waals surface area contributed by atoms with Crippen molar-refractivity contribution in [3.63, 3.8) is 0 Å². The SMILES string of the molecule is CCC(C)C(C(CC(=O)N1CCCC1C(OC)C(C)C(=O)NC(Cc1ccccc1)C(=O)NCc1ccc(NC(=O)C(CCCNC(N)=O)NC(=O)CNC(=O)COCCOCC=O)cc1)OC)N(C)C(=O)CNC(=O)C(C(C)C)N(C)C. The fourth-order valence-electron chi connectivity index (χ4n) is 10.1. The minimum atomic E-state index is -1.08. The zero-order chi connectivity index (χ0) is 61.6. The van der Waals surface area contributed by atoms with Gasteiger partial charge in [-0.25, -0.2) is 4.79 Å². The molecule has 2 aromatic carbocycles. The first-order valence-electron chi connectivity index (χ1n) is 28.3. The molecule has 1 fully saturated rings. The highest BCUT2D eigenvalue weighted by molar-refractivity contribution is 5.98. The molecule has 0 aromatic heterocycles. The molecule has 1 aliphatic heterocycles. The summed E-state index contributed by atoms with van der Waals surface area (Å²) in [5.74, 6) is -4.44. The van der Waals surface area contributed by atoms with Crippen molar-refractivity contribution < 1.29 is 66.9 Å². The van der Waals surface area contributed by atoms with Crippen LogP contribution in [0.15, 0.2) is 54.6 Å². The smallest absolute Gasteiger partial charge is 0.312 e. The molecular formula is C58H91N11O14. The Kier molecular flexibility index (Phi) is 31.5. The molecule has 0 radical (unpaired) electrons. The van der Waals surface area contributed by atoms with Crippen LogP contribution in [0, 0.1) is 17.8 Å². The molecule has 0 aliphatic carbocycles. The van der Waals surface area contributed by atoms with Crippen molar-refractivity contribution in [3.05, 3.63) is 65.7 Å². The average Bonchev–Trinajstić information content (AvgIpc) is 4.24. The number of carbonyl (C=O) groups is 10. The number of methoxy groups -OCH3 is 2. The fourth-order valence-corrected chi connectivity index (χ4v) is 10.1. The maximum absolute atomic E-state index is 14.4. The van der Waals surface area contributed by atoms with Crippen molar-refractivity contribution in [1.82, 2.24) is 46.6 Å². The van der Waals surface area contributed by atoms with E-state index >= 15 is 0 Å². The van der Waals surface area contributed by atoms with Crippen LogP contribution < -0.4 is 43.0 Å². The maximum atomic E-state index is 14.4. The van der Waals surface area contributed by atoms with E-state index in [2.05, 4.69) is 37.2 Å². The summed E-state index contributed by atoms with van der Waals surface area (Å²) in [5, 5.41) is 18.9. The van der Waals surface area contributed by atoms with Crippen LogP contribution in [0.5, 0.6) is 0 Å². The molecule has 0 spiro atoms. The van der Waals surface area contributed by atoms with Crippen LogP contribution in [-0.4, -0.2) is 205 Å². The number of amides is 10. The molecule has 0 bridgehead atoms. The van der Waals surface area contributed by atoms with Gasteiger partial charge in [0.05, 0.1) is 69.0 Å². The lowest BCUT2D eigenvalue weighted by Gasteiger charge is -2.39. The van der Waals surface area contributed by atoms with Crippen molar-refractivity contribution in [2.24, 2.45) is 23.5 Å². The zero-order valence-electron chi connectivity index (χ0n) is 50.0. The first-order valence-corrected chi connectivity index (χ1v) is 28.3. The molecule has 1 aliphatic rings. The molecule has 0 saturated carbocycles. The number of nitrogens with one attached hydrogen (secondary N) is 7. The predicted octanol–water partition coefficient (Wildman–Crippen LogP) is 0.873. The lowest BCUT2D eigenvalue weighted by molar-refractivity contribution is -0.146. The van der Waals surface area contributed by atoms with Crippen LogP contribution >= 0.6 is 0 Å². The normalized spacial score (nSPS) is 16.0. The highest BCUT2D eigenvalue weighted by Crippen LogP contribution is 2.29. The molecule has 25 heteroatoms. The fraction of sp³-hybridized carbons (Fsp3) is 0.621. The Hall–Kier alpha value is -7.06. The van der Waals surface area contributed by atoms with Gasteiger partial charge in [-0.15, -0.1) is 0 Å². The topological polar surface area (TPSA) is 328 Å². The number of hydrogen-bond acceptors (Lipinski definition) is 15. The molecular weight excluding hydrogens is 1070 g/mol. The molecule has 462 valence electrons. The standard InChI is InChI=1S/C58H91N11O14/c1-11-38(4)52(68(8)50(74)35-63-57(78)51(37(2)3)67(6)7)46(80-9)32-49(73)69-26-16-20-45(69)53(81-10)39(5)54(75)66-44(31-40-17-13-12-14-18-40)55(76)62-33-41-21-23-42(24-22-41)64-56(77)43(19-15-25-60-58(59)79)65-47(71)34-61-48(72)36-83-30-29-82-28-27-70/h12-14,17-18,21-24,27,37-39,43-46,51-53H,11,15-16,19-20,25-26,28-36H2,1-10H3,(H,61,72)(H,62,76)(H,63,78)(H,64,77)(H,65,71)(H,66,75)(H3,59,60,79). The Morgan fingerprint density at radius 3 is 2.06 bits per heavy atom. The molecule has 1 saturated heterocycles. The summed E-state index contributed by atoms with van der Waals surface area (Å²) in [6, 6.07) is 11.5. The van der Waals surface area contributed by atoms with Crippen LogP contribution in [0.4, 0.5) is 10.5 Å². The van der Waals surface area contributed by atoms with Crippen LogP contribution in [0.2, 0.25) is 0 Å². The van der Waals surface area contributed by atoms with Gasteiger partial charge in [-0.3, -0.25) is 43.3 Å². The molecule has 25 nitrogen and oxygen atoms in total. The van der Waals surface area contributed by atoms with Gasteiger partial charge in [-0.2, -0.15) is 0 Å². The molecule has 9 N–H and O–H groups in total. The number of nitrogens with zero attached hydrogens (tertiary/aromatic N) is 3. The van der Waals surface area contributed by atoms with E-state index in [1.54, 1.807) is 48.0 Å². The average molecular weight is 1170 g/mol. The number of benzene rings is 2. The maximum Gasteiger partial charge on any atom is 0.312 e. The summed E-state index contributed by atoms with van der Waals surface area (Å²) in [4.78, 5) is 135. The third-order valence-corrected chi connectivity index (χ3v) is 14.6. The van der Waals surface area contributed by atoms with Crippen molar-refractivity contribution in [1.29, 1.82) is 0 Å². The van der Waals surface area contributed by atoms with Gasteiger partial charge < -0.3 is 76.5 Å². The third-order valence-electron chi connectivity index (χ3n) is 14.6. The minimum Gasteiger partial charge on any atom is -0.379 e. The summed E-state index contributed by atoms with van der Waals surface area (Å²) in [7, 11) is 8.30. The first-order chi connectivity index (χ1) is 39.6. The third kappa shape index (κ3) is 24.0. The van der Waals surface area contributed by atoms with Gasteiger partial charge in [0.2, 0.25) is 47.3 Å². The molecule has 10 amide bonds. The number of aldehydes is 1. The van der Waals surface area contributed by atoms with Crippen LogP contribution in [0.3, 0.4) is 0 Å². The number of anilines is 1. The molecule has 2 aromatic rings. The van der Waals surface area contributed by atoms with E-state index in [1.165, 1.54) is 14.2 Å². The quantitative estimate of drug-likeness (QED) is 0.0342. The van der Waals surface area contributed by atoms with Gasteiger partial charge in [0.15, 0.2) is 0 Å². The van der Waals surface area contributed by atoms with E-state index in [-0.39, 0.29) is 101 Å².